The summed E-state index contributed by atoms with van der Waals surface area (Å²) in [6.07, 6.45) is 5.90. The van der Waals surface area contributed by atoms with E-state index in [1.165, 1.54) is 0 Å². The smallest absolute Gasteiger partial charge is 0.181 e. The normalized spacial score (nSPS) is 11.1. The van der Waals surface area contributed by atoms with Crippen molar-refractivity contribution >= 4 is 22.1 Å². The van der Waals surface area contributed by atoms with Crippen molar-refractivity contribution in [1.82, 2.24) is 30.1 Å². The lowest BCUT2D eigenvalue weighted by Crippen LogP contribution is -1.99. The minimum absolute atomic E-state index is 0.620. The van der Waals surface area contributed by atoms with Gasteiger partial charge < -0.3 is 0 Å². The Morgan fingerprint density at radius 3 is 2.86 bits per heavy atom. The lowest BCUT2D eigenvalue weighted by molar-refractivity contribution is 0.971. The van der Waals surface area contributed by atoms with Gasteiger partial charge in [-0.25, -0.2) is 15.0 Å². The Hall–Kier alpha value is -3.02. The number of aromatic nitrogens is 6. The van der Waals surface area contributed by atoms with Crippen LogP contribution in [0.15, 0.2) is 42.9 Å². The monoisotopic (exact) mass is 288 g/mol. The predicted octanol–water partition coefficient (Wildman–Crippen LogP) is 2.26. The van der Waals surface area contributed by atoms with Gasteiger partial charge in [0.15, 0.2) is 5.65 Å². The van der Waals surface area contributed by atoms with Crippen LogP contribution < -0.4 is 0 Å². The van der Waals surface area contributed by atoms with Crippen molar-refractivity contribution in [1.29, 1.82) is 0 Å². The van der Waals surface area contributed by atoms with Gasteiger partial charge in [0.1, 0.15) is 11.3 Å². The minimum atomic E-state index is 0.620. The van der Waals surface area contributed by atoms with Crippen LogP contribution in [-0.4, -0.2) is 30.1 Å². The molecular weight excluding hydrogens is 276 g/mol. The predicted molar refractivity (Wildman–Crippen MR) is 82.2 cm³/mol. The van der Waals surface area contributed by atoms with Gasteiger partial charge in [0.2, 0.25) is 0 Å². The van der Waals surface area contributed by atoms with Gasteiger partial charge in [0, 0.05) is 24.2 Å². The first-order valence-corrected chi connectivity index (χ1v) is 6.93. The van der Waals surface area contributed by atoms with Crippen molar-refractivity contribution < 1.29 is 0 Å². The average molecular weight is 288 g/mol. The topological polar surface area (TPSA) is 77.3 Å². The molecule has 4 heterocycles. The number of fused-ring (bicyclic) bond motifs is 2. The van der Waals surface area contributed by atoms with Crippen molar-refractivity contribution in [2.75, 3.05) is 0 Å². The summed E-state index contributed by atoms with van der Waals surface area (Å²) >= 11 is 0. The van der Waals surface area contributed by atoms with Gasteiger partial charge in [-0.3, -0.25) is 4.98 Å². The molecule has 0 aromatic carbocycles. The second kappa shape index (κ2) is 5.07. The van der Waals surface area contributed by atoms with E-state index in [0.717, 1.165) is 33.5 Å². The molecule has 0 bridgehead atoms. The molecule has 0 unspecified atom stereocenters. The highest BCUT2D eigenvalue weighted by Gasteiger charge is 2.05. The molecule has 0 aliphatic rings. The molecule has 0 N–H and O–H groups in total. The number of hydrogen-bond acceptors (Lipinski definition) is 6. The molecule has 4 rings (SSSR count). The van der Waals surface area contributed by atoms with E-state index < -0.39 is 0 Å². The van der Waals surface area contributed by atoms with Crippen molar-refractivity contribution in [3.8, 4) is 0 Å². The highest BCUT2D eigenvalue weighted by atomic mass is 15.1. The van der Waals surface area contributed by atoms with Gasteiger partial charge >= 0.3 is 0 Å². The Balaban J connectivity index is 1.72. The molecular formula is C16H12N6. The summed E-state index contributed by atoms with van der Waals surface area (Å²) in [5.74, 6) is 0.750. The molecule has 0 spiro atoms. The molecule has 0 saturated carbocycles. The van der Waals surface area contributed by atoms with Crippen molar-refractivity contribution in [3.63, 3.8) is 0 Å². The van der Waals surface area contributed by atoms with Crippen LogP contribution in [0, 0.1) is 6.92 Å². The average Bonchev–Trinajstić information content (AvgIpc) is 2.54. The second-order valence-electron chi connectivity index (χ2n) is 5.11. The lowest BCUT2D eigenvalue weighted by Gasteiger charge is -2.03. The summed E-state index contributed by atoms with van der Waals surface area (Å²) in [4.78, 5) is 17.5. The van der Waals surface area contributed by atoms with E-state index in [-0.39, 0.29) is 0 Å². The first-order valence-electron chi connectivity index (χ1n) is 6.93. The number of aryl methyl sites for hydroxylation is 1. The Morgan fingerprint density at radius 2 is 1.91 bits per heavy atom. The van der Waals surface area contributed by atoms with E-state index >= 15 is 0 Å². The maximum atomic E-state index is 4.54. The van der Waals surface area contributed by atoms with Crippen LogP contribution in [-0.2, 0) is 6.42 Å². The zero-order chi connectivity index (χ0) is 14.9. The van der Waals surface area contributed by atoms with E-state index in [4.69, 9.17) is 0 Å². The largest absolute Gasteiger partial charge is 0.253 e. The second-order valence-corrected chi connectivity index (χ2v) is 5.11. The Bertz CT molecular complexity index is 982. The highest BCUT2D eigenvalue weighted by Crippen LogP contribution is 2.14. The molecule has 0 saturated heterocycles. The van der Waals surface area contributed by atoms with Crippen LogP contribution in [0.2, 0.25) is 0 Å². The highest BCUT2D eigenvalue weighted by molar-refractivity contribution is 5.75. The molecule has 4 aromatic rings. The molecule has 0 atom stereocenters. The first-order chi connectivity index (χ1) is 10.8. The third-order valence-corrected chi connectivity index (χ3v) is 3.38. The van der Waals surface area contributed by atoms with Crippen LogP contribution in [0.1, 0.15) is 17.1 Å². The minimum Gasteiger partial charge on any atom is -0.253 e. The standard InChI is InChI=1S/C16H12N6/c1-10-5-12-6-11(8-19-16(12)22-21-10)7-15-18-9-14-13(20-15)3-2-4-17-14/h2-6,8-9H,7H2,1H3. The molecule has 106 valence electrons. The van der Waals surface area contributed by atoms with Gasteiger partial charge in [-0.2, -0.15) is 5.10 Å². The molecule has 4 aromatic heterocycles. The Labute approximate surface area is 126 Å². The lowest BCUT2D eigenvalue weighted by atomic mass is 10.1. The van der Waals surface area contributed by atoms with Crippen LogP contribution >= 0.6 is 0 Å². The fourth-order valence-corrected chi connectivity index (χ4v) is 2.36. The van der Waals surface area contributed by atoms with E-state index in [9.17, 15) is 0 Å². The number of hydrogen-bond donors (Lipinski definition) is 0. The van der Waals surface area contributed by atoms with Gasteiger partial charge in [-0.05, 0) is 36.8 Å². The van der Waals surface area contributed by atoms with Gasteiger partial charge in [-0.1, -0.05) is 0 Å². The first kappa shape index (κ1) is 12.7. The number of pyridine rings is 2. The molecule has 22 heavy (non-hydrogen) atoms. The quantitative estimate of drug-likeness (QED) is 0.563. The molecule has 0 amide bonds. The van der Waals surface area contributed by atoms with Crippen LogP contribution in [0.4, 0.5) is 0 Å². The summed E-state index contributed by atoms with van der Waals surface area (Å²) in [7, 11) is 0. The van der Waals surface area contributed by atoms with Crippen LogP contribution in [0.3, 0.4) is 0 Å². The Kier molecular flexibility index (Phi) is 2.93. The fourth-order valence-electron chi connectivity index (χ4n) is 2.36. The number of nitrogens with zero attached hydrogens (tertiary/aromatic N) is 6. The van der Waals surface area contributed by atoms with E-state index in [0.29, 0.717) is 12.1 Å². The van der Waals surface area contributed by atoms with Gasteiger partial charge in [-0.15, -0.1) is 5.10 Å². The molecule has 0 aliphatic heterocycles. The zero-order valence-electron chi connectivity index (χ0n) is 11.9. The van der Waals surface area contributed by atoms with Crippen molar-refractivity contribution in [3.05, 3.63) is 59.9 Å². The van der Waals surface area contributed by atoms with E-state index in [1.807, 2.05) is 25.1 Å². The third kappa shape index (κ3) is 2.35. The number of rotatable bonds is 2. The molecule has 0 aliphatic carbocycles. The van der Waals surface area contributed by atoms with Crippen LogP contribution in [0.5, 0.6) is 0 Å². The molecule has 6 nitrogen and oxygen atoms in total. The summed E-state index contributed by atoms with van der Waals surface area (Å²) < 4.78 is 0. The van der Waals surface area contributed by atoms with Crippen molar-refractivity contribution in [2.24, 2.45) is 0 Å². The third-order valence-electron chi connectivity index (χ3n) is 3.38. The molecule has 6 heteroatoms. The van der Waals surface area contributed by atoms with Crippen LogP contribution in [0.25, 0.3) is 22.1 Å². The maximum Gasteiger partial charge on any atom is 0.181 e. The summed E-state index contributed by atoms with van der Waals surface area (Å²) in [5.41, 5.74) is 4.22. The van der Waals surface area contributed by atoms with Gasteiger partial charge in [0.05, 0.1) is 17.4 Å². The van der Waals surface area contributed by atoms with E-state index in [1.54, 1.807) is 18.6 Å². The summed E-state index contributed by atoms with van der Waals surface area (Å²) in [6.45, 7) is 1.92. The Morgan fingerprint density at radius 1 is 0.955 bits per heavy atom. The van der Waals surface area contributed by atoms with E-state index in [2.05, 4.69) is 36.2 Å². The molecule has 0 fully saturated rings. The maximum absolute atomic E-state index is 4.54. The van der Waals surface area contributed by atoms with Crippen molar-refractivity contribution in [2.45, 2.75) is 13.3 Å². The zero-order valence-corrected chi connectivity index (χ0v) is 11.9. The SMILES string of the molecule is Cc1cc2cc(Cc3ncc4ncccc4n3)cnc2nn1. The fraction of sp³-hybridized carbons (Fsp3) is 0.125. The summed E-state index contributed by atoms with van der Waals surface area (Å²) in [5, 5.41) is 9.06. The molecule has 0 radical (unpaired) electrons. The van der Waals surface area contributed by atoms with Gasteiger partial charge in [0.25, 0.3) is 0 Å². The summed E-state index contributed by atoms with van der Waals surface area (Å²) in [6, 6.07) is 7.84.